The van der Waals surface area contributed by atoms with E-state index in [-0.39, 0.29) is 0 Å². The third kappa shape index (κ3) is 3.85. The molecule has 0 N–H and O–H groups in total. The molecule has 51 heavy (non-hydrogen) atoms. The molecule has 0 atom stereocenters. The lowest BCUT2D eigenvalue weighted by molar-refractivity contribution is 0.750. The van der Waals surface area contributed by atoms with Crippen LogP contribution < -0.4 is 0 Å². The fourth-order valence-electron chi connectivity index (χ4n) is 9.44. The van der Waals surface area contributed by atoms with Gasteiger partial charge in [0.25, 0.3) is 0 Å². The summed E-state index contributed by atoms with van der Waals surface area (Å²) in [6, 6.07) is 72.4. The van der Waals surface area contributed by atoms with Gasteiger partial charge in [-0.15, -0.1) is 0 Å². The average Bonchev–Trinajstić information content (AvgIpc) is 3.21. The molecule has 0 saturated heterocycles. The Morgan fingerprint density at radius 3 is 1.41 bits per heavy atom. The van der Waals surface area contributed by atoms with Crippen molar-refractivity contribution in [1.82, 2.24) is 0 Å². The highest BCUT2D eigenvalue weighted by Crippen LogP contribution is 2.56. The maximum Gasteiger partial charge on any atom is 0.0713 e. The minimum atomic E-state index is -0.471. The molecule has 1 aliphatic carbocycles. The van der Waals surface area contributed by atoms with Crippen molar-refractivity contribution in [2.45, 2.75) is 5.41 Å². The predicted molar refractivity (Wildman–Crippen MR) is 216 cm³/mol. The standard InChI is InChI=1S/C51H32/c1-4-13-33(14-5-1)38-27-23-34-26-30-45-39(28-24-35-25-29-44(38)48(34)49(35)45)40-31-32-47-50-42(40)20-12-21-43(50)41-19-10-11-22-46(41)51(47,36-15-6-2-7-16-36)37-17-8-3-9-18-37/h1-32H. The summed E-state index contributed by atoms with van der Waals surface area (Å²) < 4.78 is 0. The van der Waals surface area contributed by atoms with Gasteiger partial charge in [-0.2, -0.15) is 0 Å². The van der Waals surface area contributed by atoms with Crippen LogP contribution in [-0.4, -0.2) is 0 Å². The highest BCUT2D eigenvalue weighted by molar-refractivity contribution is 6.28. The molecule has 0 amide bonds. The van der Waals surface area contributed by atoms with E-state index in [1.165, 1.54) is 98.7 Å². The van der Waals surface area contributed by atoms with E-state index in [4.69, 9.17) is 0 Å². The molecule has 0 radical (unpaired) electrons. The smallest absolute Gasteiger partial charge is 0.0622 e. The molecule has 0 heterocycles. The molecule has 0 fully saturated rings. The van der Waals surface area contributed by atoms with Crippen LogP contribution in [0, 0.1) is 0 Å². The van der Waals surface area contributed by atoms with Gasteiger partial charge >= 0.3 is 0 Å². The molecule has 0 spiro atoms. The molecule has 0 aliphatic heterocycles. The monoisotopic (exact) mass is 644 g/mol. The van der Waals surface area contributed by atoms with Crippen LogP contribution in [0.15, 0.2) is 194 Å². The highest BCUT2D eigenvalue weighted by Gasteiger charge is 2.44. The second-order valence-electron chi connectivity index (χ2n) is 13.9. The van der Waals surface area contributed by atoms with Crippen molar-refractivity contribution >= 4 is 43.1 Å². The SMILES string of the molecule is c1ccc(-c2ccc3ccc4c(-c5ccc6c7c(cccc57)-c5ccccc5C6(c5ccccc5)c5ccccc5)ccc5ccc2c3c54)cc1. The number of hydrogen-bond acceptors (Lipinski definition) is 0. The fraction of sp³-hybridized carbons (Fsp3) is 0.0196. The summed E-state index contributed by atoms with van der Waals surface area (Å²) in [5, 5.41) is 10.5. The largest absolute Gasteiger partial charge is 0.0713 e. The van der Waals surface area contributed by atoms with Gasteiger partial charge in [-0.3, -0.25) is 0 Å². The molecule has 0 saturated carbocycles. The third-order valence-corrected chi connectivity index (χ3v) is 11.5. The Balaban J connectivity index is 1.24. The van der Waals surface area contributed by atoms with Crippen LogP contribution in [0.25, 0.3) is 76.5 Å². The lowest BCUT2D eigenvalue weighted by Crippen LogP contribution is -2.33. The van der Waals surface area contributed by atoms with Crippen LogP contribution in [0.1, 0.15) is 22.3 Å². The first-order chi connectivity index (χ1) is 25.3. The first-order valence-electron chi connectivity index (χ1n) is 17.9. The fourth-order valence-corrected chi connectivity index (χ4v) is 9.44. The summed E-state index contributed by atoms with van der Waals surface area (Å²) in [7, 11) is 0. The summed E-state index contributed by atoms with van der Waals surface area (Å²) in [6.45, 7) is 0. The van der Waals surface area contributed by atoms with Crippen LogP contribution in [0.3, 0.4) is 0 Å². The maximum absolute atomic E-state index is 2.43. The number of rotatable bonds is 4. The molecule has 0 nitrogen and oxygen atoms in total. The molecular weight excluding hydrogens is 613 g/mol. The average molecular weight is 645 g/mol. The number of hydrogen-bond donors (Lipinski definition) is 0. The molecule has 10 aromatic carbocycles. The minimum Gasteiger partial charge on any atom is -0.0622 e. The Bertz CT molecular complexity index is 2900. The van der Waals surface area contributed by atoms with Gasteiger partial charge in [-0.25, -0.2) is 0 Å². The predicted octanol–water partition coefficient (Wildman–Crippen LogP) is 13.4. The van der Waals surface area contributed by atoms with Gasteiger partial charge in [0.05, 0.1) is 5.41 Å². The zero-order chi connectivity index (χ0) is 33.5. The Hall–Kier alpha value is -6.50. The summed E-state index contributed by atoms with van der Waals surface area (Å²) in [5.74, 6) is 0. The van der Waals surface area contributed by atoms with Crippen LogP contribution >= 0.6 is 0 Å². The first-order valence-corrected chi connectivity index (χ1v) is 17.9. The Kier molecular flexibility index (Phi) is 5.97. The van der Waals surface area contributed by atoms with Crippen LogP contribution in [0.4, 0.5) is 0 Å². The molecule has 1 aliphatic rings. The van der Waals surface area contributed by atoms with Crippen molar-refractivity contribution in [1.29, 1.82) is 0 Å². The van der Waals surface area contributed by atoms with Crippen molar-refractivity contribution in [3.8, 4) is 33.4 Å². The Labute approximate surface area is 297 Å². The minimum absolute atomic E-state index is 0.471. The van der Waals surface area contributed by atoms with Gasteiger partial charge in [0.1, 0.15) is 0 Å². The van der Waals surface area contributed by atoms with Gasteiger partial charge in [0.2, 0.25) is 0 Å². The van der Waals surface area contributed by atoms with Gasteiger partial charge in [-0.1, -0.05) is 194 Å². The molecule has 236 valence electrons. The topological polar surface area (TPSA) is 0 Å². The van der Waals surface area contributed by atoms with E-state index in [0.717, 1.165) is 0 Å². The molecule has 0 heteroatoms. The van der Waals surface area contributed by atoms with Crippen molar-refractivity contribution in [2.24, 2.45) is 0 Å². The summed E-state index contributed by atoms with van der Waals surface area (Å²) in [6.07, 6.45) is 0. The lowest BCUT2D eigenvalue weighted by atomic mass is 9.59. The molecule has 0 aromatic heterocycles. The second kappa shape index (κ2) is 10.7. The third-order valence-electron chi connectivity index (χ3n) is 11.5. The second-order valence-corrected chi connectivity index (χ2v) is 13.9. The Morgan fingerprint density at radius 2 is 0.745 bits per heavy atom. The first kappa shape index (κ1) is 28.3. The van der Waals surface area contributed by atoms with E-state index >= 15 is 0 Å². The van der Waals surface area contributed by atoms with Crippen molar-refractivity contribution in [2.75, 3.05) is 0 Å². The van der Waals surface area contributed by atoms with Gasteiger partial charge in [-0.05, 0) is 98.7 Å². The van der Waals surface area contributed by atoms with E-state index in [1.54, 1.807) is 0 Å². The van der Waals surface area contributed by atoms with E-state index in [9.17, 15) is 0 Å². The number of fused-ring (bicyclic) bond motifs is 2. The van der Waals surface area contributed by atoms with Crippen LogP contribution in [0.2, 0.25) is 0 Å². The lowest BCUT2D eigenvalue weighted by Gasteiger charge is -2.42. The number of benzene rings is 10. The van der Waals surface area contributed by atoms with Crippen LogP contribution in [0.5, 0.6) is 0 Å². The van der Waals surface area contributed by atoms with Crippen molar-refractivity contribution in [3.63, 3.8) is 0 Å². The normalized spacial score (nSPS) is 13.3. The van der Waals surface area contributed by atoms with Crippen molar-refractivity contribution < 1.29 is 0 Å². The highest BCUT2D eigenvalue weighted by atomic mass is 14.4. The molecule has 0 bridgehead atoms. The van der Waals surface area contributed by atoms with E-state index in [1.807, 2.05) is 0 Å². The van der Waals surface area contributed by atoms with Crippen molar-refractivity contribution in [3.05, 3.63) is 216 Å². The maximum atomic E-state index is 2.43. The zero-order valence-corrected chi connectivity index (χ0v) is 28.0. The zero-order valence-electron chi connectivity index (χ0n) is 28.0. The van der Waals surface area contributed by atoms with E-state index in [2.05, 4.69) is 194 Å². The molecule has 11 rings (SSSR count). The van der Waals surface area contributed by atoms with E-state index < -0.39 is 5.41 Å². The molecule has 10 aromatic rings. The summed E-state index contributed by atoms with van der Waals surface area (Å²) in [5.41, 5.74) is 12.4. The van der Waals surface area contributed by atoms with Gasteiger partial charge < -0.3 is 0 Å². The van der Waals surface area contributed by atoms with Gasteiger partial charge in [0, 0.05) is 0 Å². The molecule has 0 unspecified atom stereocenters. The Morgan fingerprint density at radius 1 is 0.255 bits per heavy atom. The van der Waals surface area contributed by atoms with E-state index in [0.29, 0.717) is 0 Å². The quantitative estimate of drug-likeness (QED) is 0.167. The van der Waals surface area contributed by atoms with Crippen LogP contribution in [-0.2, 0) is 5.41 Å². The molecular formula is C51H32. The summed E-state index contributed by atoms with van der Waals surface area (Å²) in [4.78, 5) is 0. The summed E-state index contributed by atoms with van der Waals surface area (Å²) >= 11 is 0. The van der Waals surface area contributed by atoms with Gasteiger partial charge in [0.15, 0.2) is 0 Å².